The highest BCUT2D eigenvalue weighted by atomic mass is 15.3. The lowest BCUT2D eigenvalue weighted by molar-refractivity contribution is 0.0668. The molecule has 0 aromatic carbocycles. The van der Waals surface area contributed by atoms with Crippen LogP contribution < -0.4 is 11.3 Å². The molecule has 0 saturated carbocycles. The molecular formula is C15H31N5. The van der Waals surface area contributed by atoms with Crippen LogP contribution >= 0.6 is 0 Å². The van der Waals surface area contributed by atoms with Crippen LogP contribution in [0.5, 0.6) is 0 Å². The maximum absolute atomic E-state index is 5.85. The lowest BCUT2D eigenvalue weighted by atomic mass is 9.84. The number of aromatic nitrogens is 2. The van der Waals surface area contributed by atoms with Crippen molar-refractivity contribution in [3.8, 4) is 0 Å². The zero-order chi connectivity index (χ0) is 15.2. The molecule has 20 heavy (non-hydrogen) atoms. The summed E-state index contributed by atoms with van der Waals surface area (Å²) in [5.41, 5.74) is 4.40. The summed E-state index contributed by atoms with van der Waals surface area (Å²) in [5.74, 6) is 5.85. The van der Waals surface area contributed by atoms with Crippen molar-refractivity contribution in [2.45, 2.75) is 58.5 Å². The van der Waals surface area contributed by atoms with E-state index >= 15 is 0 Å². The molecule has 1 aromatic heterocycles. The molecule has 2 atom stereocenters. The largest absolute Gasteiger partial charge is 0.297 e. The van der Waals surface area contributed by atoms with Crippen LogP contribution in [0.2, 0.25) is 0 Å². The molecule has 3 N–H and O–H groups in total. The molecule has 1 rings (SSSR count). The Morgan fingerprint density at radius 2 is 2.05 bits per heavy atom. The van der Waals surface area contributed by atoms with E-state index in [4.69, 9.17) is 5.84 Å². The van der Waals surface area contributed by atoms with Crippen molar-refractivity contribution in [2.75, 3.05) is 13.1 Å². The first-order chi connectivity index (χ1) is 9.51. The average Bonchev–Trinajstić information content (AvgIpc) is 2.86. The Kier molecular flexibility index (Phi) is 6.65. The van der Waals surface area contributed by atoms with E-state index in [9.17, 15) is 0 Å². The fourth-order valence-corrected chi connectivity index (χ4v) is 3.12. The first-order valence-electron chi connectivity index (χ1n) is 7.70. The van der Waals surface area contributed by atoms with Gasteiger partial charge in [0.15, 0.2) is 0 Å². The molecule has 0 radical (unpaired) electrons. The van der Waals surface area contributed by atoms with Crippen molar-refractivity contribution >= 4 is 0 Å². The molecule has 116 valence electrons. The van der Waals surface area contributed by atoms with Crippen molar-refractivity contribution in [1.29, 1.82) is 0 Å². The van der Waals surface area contributed by atoms with Crippen LogP contribution in [0.4, 0.5) is 0 Å². The van der Waals surface area contributed by atoms with Gasteiger partial charge in [0.25, 0.3) is 0 Å². The maximum Gasteiger partial charge on any atom is 0.0521 e. The molecule has 0 aliphatic heterocycles. The van der Waals surface area contributed by atoms with Gasteiger partial charge in [-0.05, 0) is 44.8 Å². The average molecular weight is 281 g/mol. The van der Waals surface area contributed by atoms with Gasteiger partial charge in [-0.25, -0.2) is 0 Å². The zero-order valence-corrected chi connectivity index (χ0v) is 13.7. The Balaban J connectivity index is 2.75. The second-order valence-electron chi connectivity index (χ2n) is 5.66. The summed E-state index contributed by atoms with van der Waals surface area (Å²) >= 11 is 0. The quantitative estimate of drug-likeness (QED) is 0.534. The first-order valence-corrected chi connectivity index (χ1v) is 7.70. The predicted molar refractivity (Wildman–Crippen MR) is 84.3 cm³/mol. The number of aryl methyl sites for hydroxylation is 2. The van der Waals surface area contributed by atoms with Gasteiger partial charge in [0, 0.05) is 24.8 Å². The van der Waals surface area contributed by atoms with Crippen molar-refractivity contribution in [1.82, 2.24) is 20.1 Å². The normalized spacial score (nSPS) is 16.4. The van der Waals surface area contributed by atoms with Gasteiger partial charge in [-0.15, -0.1) is 0 Å². The molecule has 0 aliphatic rings. The summed E-state index contributed by atoms with van der Waals surface area (Å²) in [6.45, 7) is 11.1. The van der Waals surface area contributed by atoms with Crippen molar-refractivity contribution < 1.29 is 0 Å². The van der Waals surface area contributed by atoms with E-state index in [2.05, 4.69) is 49.3 Å². The molecule has 1 heterocycles. The number of nitrogens with two attached hydrogens (primary N) is 1. The first kappa shape index (κ1) is 17.1. The van der Waals surface area contributed by atoms with Crippen LogP contribution in [-0.2, 0) is 13.5 Å². The highest BCUT2D eigenvalue weighted by Gasteiger charge is 2.36. The number of nitrogens with zero attached hydrogens (tertiary/aromatic N) is 3. The fourth-order valence-electron chi connectivity index (χ4n) is 3.12. The Labute approximate surface area is 123 Å². The number of hydrogen-bond acceptors (Lipinski definition) is 4. The van der Waals surface area contributed by atoms with Gasteiger partial charge < -0.3 is 0 Å². The highest BCUT2D eigenvalue weighted by molar-refractivity contribution is 5.05. The van der Waals surface area contributed by atoms with Gasteiger partial charge in [0.2, 0.25) is 0 Å². The molecular weight excluding hydrogens is 250 g/mol. The lowest BCUT2D eigenvalue weighted by Crippen LogP contribution is -2.60. The van der Waals surface area contributed by atoms with E-state index in [0.29, 0.717) is 0 Å². The molecule has 5 nitrogen and oxygen atoms in total. The minimum Gasteiger partial charge on any atom is -0.297 e. The summed E-state index contributed by atoms with van der Waals surface area (Å²) in [5, 5.41) is 4.22. The van der Waals surface area contributed by atoms with Crippen LogP contribution in [0.3, 0.4) is 0 Å². The maximum atomic E-state index is 5.85. The van der Waals surface area contributed by atoms with Gasteiger partial charge in [-0.2, -0.15) is 5.10 Å². The van der Waals surface area contributed by atoms with Gasteiger partial charge in [-0.1, -0.05) is 20.8 Å². The predicted octanol–water partition coefficient (Wildman–Crippen LogP) is 1.70. The highest BCUT2D eigenvalue weighted by Crippen LogP contribution is 2.26. The van der Waals surface area contributed by atoms with E-state index in [1.807, 2.05) is 17.9 Å². The topological polar surface area (TPSA) is 59.1 Å². The molecule has 1 aromatic rings. The van der Waals surface area contributed by atoms with E-state index in [-0.39, 0.29) is 11.6 Å². The molecule has 0 bridgehead atoms. The van der Waals surface area contributed by atoms with Crippen molar-refractivity contribution in [2.24, 2.45) is 12.9 Å². The second-order valence-corrected chi connectivity index (χ2v) is 5.66. The minimum absolute atomic E-state index is 0.0838. The Morgan fingerprint density at radius 3 is 2.45 bits per heavy atom. The SMILES string of the molecule is CCN(CC)C(C)(CC)C(CCc1cnn(C)c1)NN. The van der Waals surface area contributed by atoms with Gasteiger partial charge in [-0.3, -0.25) is 20.9 Å². The van der Waals surface area contributed by atoms with Crippen LogP contribution in [0.25, 0.3) is 0 Å². The summed E-state index contributed by atoms with van der Waals surface area (Å²) < 4.78 is 1.85. The number of hydrogen-bond donors (Lipinski definition) is 2. The summed E-state index contributed by atoms with van der Waals surface area (Å²) in [4.78, 5) is 2.50. The molecule has 0 amide bonds. The van der Waals surface area contributed by atoms with Crippen LogP contribution in [0.1, 0.15) is 46.1 Å². The third-order valence-corrected chi connectivity index (χ3v) is 4.63. The molecule has 0 spiro atoms. The smallest absolute Gasteiger partial charge is 0.0521 e. The van der Waals surface area contributed by atoms with Crippen LogP contribution in [0, 0.1) is 0 Å². The molecule has 0 aliphatic carbocycles. The van der Waals surface area contributed by atoms with E-state index in [1.54, 1.807) is 0 Å². The van der Waals surface area contributed by atoms with Gasteiger partial charge in [0.05, 0.1) is 6.20 Å². The monoisotopic (exact) mass is 281 g/mol. The molecule has 0 fully saturated rings. The molecule has 2 unspecified atom stereocenters. The fraction of sp³-hybridized carbons (Fsp3) is 0.800. The number of rotatable bonds is 9. The molecule has 0 saturated heterocycles. The van der Waals surface area contributed by atoms with Crippen LogP contribution in [0.15, 0.2) is 12.4 Å². The standard InChI is InChI=1S/C15H31N5/c1-6-15(4,20(7-2)8-3)14(18-16)10-9-13-11-17-19(5)12-13/h11-12,14,18H,6-10,16H2,1-5H3. The second kappa shape index (κ2) is 7.76. The molecule has 5 heteroatoms. The number of nitrogens with one attached hydrogen (secondary N) is 1. The Hall–Kier alpha value is -0.910. The summed E-state index contributed by atoms with van der Waals surface area (Å²) in [7, 11) is 1.95. The lowest BCUT2D eigenvalue weighted by Gasteiger charge is -2.45. The van der Waals surface area contributed by atoms with Crippen molar-refractivity contribution in [3.63, 3.8) is 0 Å². The summed E-state index contributed by atoms with van der Waals surface area (Å²) in [6, 6.07) is 0.271. The number of likely N-dealkylation sites (N-methyl/N-ethyl adjacent to an activating group) is 1. The third kappa shape index (κ3) is 3.81. The Bertz CT molecular complexity index is 385. The summed E-state index contributed by atoms with van der Waals surface area (Å²) in [6.07, 6.45) is 7.11. The van der Waals surface area contributed by atoms with Crippen LogP contribution in [-0.4, -0.2) is 39.4 Å². The van der Waals surface area contributed by atoms with Gasteiger partial charge in [0.1, 0.15) is 0 Å². The Morgan fingerprint density at radius 1 is 1.40 bits per heavy atom. The zero-order valence-electron chi connectivity index (χ0n) is 13.7. The van der Waals surface area contributed by atoms with E-state index in [0.717, 1.165) is 32.4 Å². The van der Waals surface area contributed by atoms with E-state index < -0.39 is 0 Å². The van der Waals surface area contributed by atoms with Crippen molar-refractivity contribution in [3.05, 3.63) is 18.0 Å². The minimum atomic E-state index is 0.0838. The number of hydrazine groups is 1. The van der Waals surface area contributed by atoms with E-state index in [1.165, 1.54) is 5.56 Å². The third-order valence-electron chi connectivity index (χ3n) is 4.63. The van der Waals surface area contributed by atoms with Gasteiger partial charge >= 0.3 is 0 Å².